The van der Waals surface area contributed by atoms with Crippen molar-refractivity contribution in [3.05, 3.63) is 53.3 Å². The summed E-state index contributed by atoms with van der Waals surface area (Å²) in [6, 6.07) is 12.9. The molecule has 0 saturated carbocycles. The normalized spacial score (nSPS) is 24.5. The fraction of sp³-hybridized carbons (Fsp3) is 0.500. The first-order valence-electron chi connectivity index (χ1n) is 11.3. The molecule has 3 saturated heterocycles. The molecule has 1 N–H and O–H groups in total. The molecule has 6 nitrogen and oxygen atoms in total. The van der Waals surface area contributed by atoms with E-state index in [0.29, 0.717) is 17.0 Å². The maximum atomic E-state index is 12.7. The van der Waals surface area contributed by atoms with Crippen LogP contribution in [0.5, 0.6) is 0 Å². The molecule has 4 heterocycles. The first-order valence-corrected chi connectivity index (χ1v) is 11.7. The Balaban J connectivity index is 1.15. The van der Waals surface area contributed by atoms with Gasteiger partial charge >= 0.3 is 6.03 Å². The van der Waals surface area contributed by atoms with E-state index < -0.39 is 0 Å². The van der Waals surface area contributed by atoms with E-state index in [1.165, 1.54) is 18.7 Å². The molecule has 164 valence electrons. The summed E-state index contributed by atoms with van der Waals surface area (Å²) in [5, 5.41) is 3.73. The zero-order chi connectivity index (χ0) is 21.4. The van der Waals surface area contributed by atoms with Gasteiger partial charge in [0.25, 0.3) is 0 Å². The van der Waals surface area contributed by atoms with Crippen LogP contribution in [-0.2, 0) is 0 Å². The van der Waals surface area contributed by atoms with Crippen LogP contribution in [0.15, 0.2) is 42.6 Å². The number of nitrogens with zero attached hydrogens (tertiary/aromatic N) is 4. The number of likely N-dealkylation sites (N-methyl/N-ethyl adjacent to an activating group) is 1. The number of likely N-dealkylation sites (tertiary alicyclic amines) is 2. The Kier molecular flexibility index (Phi) is 5.76. The molecule has 2 atom stereocenters. The zero-order valence-electron chi connectivity index (χ0n) is 18.0. The SMILES string of the molecule is CN1C[C@H]2CCN(c3ccc(NC(=O)N4CCC(c5ccc(Cl)cn5)CC4)cc3)[C@H]2C1. The molecule has 1 aromatic heterocycles. The topological polar surface area (TPSA) is 51.7 Å². The molecule has 2 amide bonds. The number of hydrogen-bond acceptors (Lipinski definition) is 4. The Morgan fingerprint density at radius 2 is 1.81 bits per heavy atom. The van der Waals surface area contributed by atoms with Gasteiger partial charge < -0.3 is 20.0 Å². The van der Waals surface area contributed by atoms with Gasteiger partial charge in [0.15, 0.2) is 0 Å². The van der Waals surface area contributed by atoms with Gasteiger partial charge in [-0.15, -0.1) is 0 Å². The minimum Gasteiger partial charge on any atom is -0.367 e. The number of rotatable bonds is 3. The van der Waals surface area contributed by atoms with Crippen molar-refractivity contribution in [2.45, 2.75) is 31.2 Å². The Hall–Kier alpha value is -2.31. The molecule has 0 radical (unpaired) electrons. The van der Waals surface area contributed by atoms with Crippen LogP contribution in [0.4, 0.5) is 16.2 Å². The summed E-state index contributed by atoms with van der Waals surface area (Å²) in [6.45, 7) is 4.96. The first-order chi connectivity index (χ1) is 15.1. The predicted octanol–water partition coefficient (Wildman–Crippen LogP) is 4.29. The van der Waals surface area contributed by atoms with Gasteiger partial charge in [0, 0.05) is 67.9 Å². The maximum Gasteiger partial charge on any atom is 0.321 e. The quantitative estimate of drug-likeness (QED) is 0.775. The number of halogens is 1. The fourth-order valence-corrected chi connectivity index (χ4v) is 5.55. The number of aromatic nitrogens is 1. The van der Waals surface area contributed by atoms with Gasteiger partial charge in [0.05, 0.1) is 5.02 Å². The maximum absolute atomic E-state index is 12.7. The highest BCUT2D eigenvalue weighted by atomic mass is 35.5. The monoisotopic (exact) mass is 439 g/mol. The largest absolute Gasteiger partial charge is 0.367 e. The molecule has 0 aliphatic carbocycles. The molecule has 0 spiro atoms. The average Bonchev–Trinajstić information content (AvgIpc) is 3.34. The molecule has 3 fully saturated rings. The molecule has 0 unspecified atom stereocenters. The second-order valence-electron chi connectivity index (χ2n) is 9.17. The third-order valence-corrected chi connectivity index (χ3v) is 7.35. The second-order valence-corrected chi connectivity index (χ2v) is 9.61. The molecule has 31 heavy (non-hydrogen) atoms. The number of anilines is 2. The van der Waals surface area contributed by atoms with E-state index >= 15 is 0 Å². The molecule has 5 rings (SSSR count). The van der Waals surface area contributed by atoms with Crippen molar-refractivity contribution in [3.63, 3.8) is 0 Å². The van der Waals surface area contributed by atoms with Crippen LogP contribution in [0, 0.1) is 5.92 Å². The smallest absolute Gasteiger partial charge is 0.321 e. The molecular formula is C24H30ClN5O. The number of fused-ring (bicyclic) bond motifs is 1. The van der Waals surface area contributed by atoms with E-state index in [0.717, 1.165) is 56.3 Å². The first kappa shape index (κ1) is 20.6. The van der Waals surface area contributed by atoms with Gasteiger partial charge in [-0.2, -0.15) is 0 Å². The third kappa shape index (κ3) is 4.37. The Morgan fingerprint density at radius 3 is 2.52 bits per heavy atom. The average molecular weight is 440 g/mol. The standard InChI is InChI=1S/C24H30ClN5O/c1-28-15-18-10-13-30(23(18)16-28)21-5-3-20(4-6-21)27-24(31)29-11-8-17(9-12-29)22-7-2-19(25)14-26-22/h2-7,14,17-18,23H,8-13,15-16H2,1H3,(H,27,31)/t18-,23+/m1/s1. The van der Waals surface area contributed by atoms with E-state index in [1.807, 2.05) is 29.2 Å². The van der Waals surface area contributed by atoms with E-state index in [1.54, 1.807) is 6.20 Å². The summed E-state index contributed by atoms with van der Waals surface area (Å²) in [7, 11) is 2.21. The molecule has 1 aromatic carbocycles. The number of urea groups is 1. The third-order valence-electron chi connectivity index (χ3n) is 7.13. The lowest BCUT2D eigenvalue weighted by Crippen LogP contribution is -2.40. The Labute approximate surface area is 189 Å². The van der Waals surface area contributed by atoms with Gasteiger partial charge in [-0.1, -0.05) is 11.6 Å². The predicted molar refractivity (Wildman–Crippen MR) is 125 cm³/mol. The van der Waals surface area contributed by atoms with E-state index in [-0.39, 0.29) is 6.03 Å². The summed E-state index contributed by atoms with van der Waals surface area (Å²) in [5.41, 5.74) is 3.18. The van der Waals surface area contributed by atoms with Crippen molar-refractivity contribution in [3.8, 4) is 0 Å². The molecular weight excluding hydrogens is 410 g/mol. The number of carbonyl (C=O) groups is 1. The lowest BCUT2D eigenvalue weighted by Gasteiger charge is -2.32. The lowest BCUT2D eigenvalue weighted by molar-refractivity contribution is 0.194. The number of amides is 2. The summed E-state index contributed by atoms with van der Waals surface area (Å²) < 4.78 is 0. The highest BCUT2D eigenvalue weighted by molar-refractivity contribution is 6.30. The number of benzene rings is 1. The minimum absolute atomic E-state index is 0.0195. The Bertz CT molecular complexity index is 911. The van der Waals surface area contributed by atoms with Crippen LogP contribution < -0.4 is 10.2 Å². The van der Waals surface area contributed by atoms with Crippen LogP contribution in [0.3, 0.4) is 0 Å². The van der Waals surface area contributed by atoms with Crippen LogP contribution in [0.2, 0.25) is 5.02 Å². The number of nitrogens with one attached hydrogen (secondary N) is 1. The highest BCUT2D eigenvalue weighted by Gasteiger charge is 2.40. The molecule has 2 aromatic rings. The van der Waals surface area contributed by atoms with Crippen molar-refractivity contribution in [2.75, 3.05) is 50.0 Å². The van der Waals surface area contributed by atoms with Gasteiger partial charge in [0.1, 0.15) is 0 Å². The molecule has 3 aliphatic heterocycles. The fourth-order valence-electron chi connectivity index (χ4n) is 5.44. The van der Waals surface area contributed by atoms with Crippen molar-refractivity contribution >= 4 is 29.0 Å². The molecule has 3 aliphatic rings. The van der Waals surface area contributed by atoms with Gasteiger partial charge in [-0.25, -0.2) is 4.79 Å². The van der Waals surface area contributed by atoms with Crippen LogP contribution in [-0.4, -0.2) is 66.6 Å². The lowest BCUT2D eigenvalue weighted by atomic mass is 9.93. The van der Waals surface area contributed by atoms with Gasteiger partial charge in [-0.3, -0.25) is 4.98 Å². The van der Waals surface area contributed by atoms with Gasteiger partial charge in [0.2, 0.25) is 0 Å². The second kappa shape index (κ2) is 8.67. The summed E-state index contributed by atoms with van der Waals surface area (Å²) in [4.78, 5) is 24.1. The summed E-state index contributed by atoms with van der Waals surface area (Å²) in [6.07, 6.45) is 4.82. The highest BCUT2D eigenvalue weighted by Crippen LogP contribution is 2.35. The summed E-state index contributed by atoms with van der Waals surface area (Å²) >= 11 is 5.94. The summed E-state index contributed by atoms with van der Waals surface area (Å²) in [5.74, 6) is 1.18. The number of pyridine rings is 1. The van der Waals surface area contributed by atoms with Gasteiger partial charge in [-0.05, 0) is 68.6 Å². The van der Waals surface area contributed by atoms with Crippen LogP contribution >= 0.6 is 11.6 Å². The van der Waals surface area contributed by atoms with E-state index in [9.17, 15) is 4.79 Å². The van der Waals surface area contributed by atoms with Crippen molar-refractivity contribution < 1.29 is 4.79 Å². The van der Waals surface area contributed by atoms with Crippen molar-refractivity contribution in [1.82, 2.24) is 14.8 Å². The van der Waals surface area contributed by atoms with Crippen molar-refractivity contribution in [1.29, 1.82) is 0 Å². The number of hydrogen-bond donors (Lipinski definition) is 1. The number of piperidine rings is 1. The zero-order valence-corrected chi connectivity index (χ0v) is 18.8. The minimum atomic E-state index is -0.0195. The van der Waals surface area contributed by atoms with E-state index in [2.05, 4.69) is 39.3 Å². The van der Waals surface area contributed by atoms with Crippen molar-refractivity contribution in [2.24, 2.45) is 5.92 Å². The molecule has 7 heteroatoms. The van der Waals surface area contributed by atoms with Crippen LogP contribution in [0.1, 0.15) is 30.9 Å². The molecule has 0 bridgehead atoms. The number of carbonyl (C=O) groups excluding carboxylic acids is 1. The Morgan fingerprint density at radius 1 is 1.03 bits per heavy atom. The van der Waals surface area contributed by atoms with E-state index in [4.69, 9.17) is 11.6 Å². The van der Waals surface area contributed by atoms with Crippen LogP contribution in [0.25, 0.3) is 0 Å².